The molecule has 110 valence electrons. The zero-order valence-corrected chi connectivity index (χ0v) is 12.9. The minimum Gasteiger partial charge on any atom is -0.314 e. The van der Waals surface area contributed by atoms with Crippen molar-refractivity contribution in [3.05, 3.63) is 11.9 Å². The molecule has 1 N–H and O–H groups in total. The molecule has 5 nitrogen and oxygen atoms in total. The normalized spacial score (nSPS) is 13.1. The van der Waals surface area contributed by atoms with Crippen molar-refractivity contribution in [1.29, 1.82) is 0 Å². The first-order valence-corrected chi connectivity index (χ1v) is 7.50. The Bertz CT molecular complexity index is 332. The second-order valence-electron chi connectivity index (χ2n) is 5.05. The van der Waals surface area contributed by atoms with Gasteiger partial charge in [-0.3, -0.25) is 4.68 Å². The highest BCUT2D eigenvalue weighted by molar-refractivity contribution is 4.95. The summed E-state index contributed by atoms with van der Waals surface area (Å²) in [6.07, 6.45) is 5.31. The molecule has 0 amide bonds. The molecular weight excluding hydrogens is 238 g/mol. The first-order valence-electron chi connectivity index (χ1n) is 7.50. The van der Waals surface area contributed by atoms with E-state index in [0.29, 0.717) is 6.04 Å². The SMILES string of the molecule is CCCNC(CCN(CC)CC)Cc1cn(C)nn1. The van der Waals surface area contributed by atoms with E-state index in [9.17, 15) is 0 Å². The first kappa shape index (κ1) is 16.1. The predicted molar refractivity (Wildman–Crippen MR) is 79.2 cm³/mol. The van der Waals surface area contributed by atoms with E-state index in [4.69, 9.17) is 0 Å². The molecule has 0 aliphatic carbocycles. The van der Waals surface area contributed by atoms with Crippen LogP contribution in [0, 0.1) is 0 Å². The molecule has 1 aromatic heterocycles. The Hall–Kier alpha value is -0.940. The van der Waals surface area contributed by atoms with Crippen LogP contribution in [-0.4, -0.2) is 52.1 Å². The molecule has 19 heavy (non-hydrogen) atoms. The molecule has 1 aromatic rings. The lowest BCUT2D eigenvalue weighted by molar-refractivity contribution is 0.280. The maximum absolute atomic E-state index is 4.19. The highest BCUT2D eigenvalue weighted by atomic mass is 15.4. The molecule has 5 heteroatoms. The molecule has 0 saturated heterocycles. The summed E-state index contributed by atoms with van der Waals surface area (Å²) in [4.78, 5) is 2.47. The van der Waals surface area contributed by atoms with E-state index in [1.54, 1.807) is 4.68 Å². The summed E-state index contributed by atoms with van der Waals surface area (Å²) in [6, 6.07) is 0.497. The zero-order chi connectivity index (χ0) is 14.1. The molecule has 1 unspecified atom stereocenters. The average molecular weight is 267 g/mol. The molecule has 0 spiro atoms. The maximum atomic E-state index is 4.19. The van der Waals surface area contributed by atoms with Gasteiger partial charge in [0.25, 0.3) is 0 Å². The van der Waals surface area contributed by atoms with Crippen molar-refractivity contribution < 1.29 is 0 Å². The standard InChI is InChI=1S/C14H29N5/c1-5-9-15-13(8-10-19(6-2)7-3)11-14-12-18(4)17-16-14/h12-13,15H,5-11H2,1-4H3. The first-order chi connectivity index (χ1) is 9.19. The molecule has 1 rings (SSSR count). The molecule has 0 radical (unpaired) electrons. The fraction of sp³-hybridized carbons (Fsp3) is 0.857. The van der Waals surface area contributed by atoms with Gasteiger partial charge in [0.15, 0.2) is 0 Å². The van der Waals surface area contributed by atoms with Gasteiger partial charge in [-0.05, 0) is 39.0 Å². The highest BCUT2D eigenvalue weighted by Crippen LogP contribution is 2.04. The Morgan fingerprint density at radius 1 is 1.32 bits per heavy atom. The van der Waals surface area contributed by atoms with Crippen molar-refractivity contribution in [3.8, 4) is 0 Å². The Balaban J connectivity index is 2.46. The number of hydrogen-bond acceptors (Lipinski definition) is 4. The topological polar surface area (TPSA) is 46.0 Å². The van der Waals surface area contributed by atoms with Gasteiger partial charge in [-0.1, -0.05) is 26.0 Å². The van der Waals surface area contributed by atoms with Crippen LogP contribution in [0.5, 0.6) is 0 Å². The van der Waals surface area contributed by atoms with E-state index in [-0.39, 0.29) is 0 Å². The molecule has 1 atom stereocenters. The van der Waals surface area contributed by atoms with Crippen LogP contribution in [0.2, 0.25) is 0 Å². The van der Waals surface area contributed by atoms with Gasteiger partial charge in [0.2, 0.25) is 0 Å². The van der Waals surface area contributed by atoms with Crippen molar-refractivity contribution in [2.45, 2.75) is 46.1 Å². The average Bonchev–Trinajstić information content (AvgIpc) is 2.82. The van der Waals surface area contributed by atoms with Crippen LogP contribution in [0.15, 0.2) is 6.20 Å². The number of aromatic nitrogens is 3. The van der Waals surface area contributed by atoms with Gasteiger partial charge in [-0.15, -0.1) is 5.10 Å². The predicted octanol–water partition coefficient (Wildman–Crippen LogP) is 1.46. The second kappa shape index (κ2) is 9.04. The highest BCUT2D eigenvalue weighted by Gasteiger charge is 2.12. The monoisotopic (exact) mass is 267 g/mol. The zero-order valence-electron chi connectivity index (χ0n) is 12.9. The molecule has 0 bridgehead atoms. The Labute approximate surface area is 117 Å². The molecule has 0 saturated carbocycles. The van der Waals surface area contributed by atoms with Gasteiger partial charge >= 0.3 is 0 Å². The minimum absolute atomic E-state index is 0.497. The van der Waals surface area contributed by atoms with E-state index in [1.165, 1.54) is 6.42 Å². The third-order valence-corrected chi connectivity index (χ3v) is 3.48. The Morgan fingerprint density at radius 3 is 2.58 bits per heavy atom. The van der Waals surface area contributed by atoms with Crippen LogP contribution >= 0.6 is 0 Å². The van der Waals surface area contributed by atoms with Crippen molar-refractivity contribution in [1.82, 2.24) is 25.2 Å². The summed E-state index contributed by atoms with van der Waals surface area (Å²) in [6.45, 7) is 11.1. The summed E-state index contributed by atoms with van der Waals surface area (Å²) in [5.41, 5.74) is 1.08. The van der Waals surface area contributed by atoms with Gasteiger partial charge < -0.3 is 10.2 Å². The van der Waals surface area contributed by atoms with Crippen molar-refractivity contribution in [3.63, 3.8) is 0 Å². The van der Waals surface area contributed by atoms with E-state index in [1.807, 2.05) is 13.2 Å². The Kier molecular flexibility index (Phi) is 7.67. The smallest absolute Gasteiger partial charge is 0.0842 e. The summed E-state index contributed by atoms with van der Waals surface area (Å²) < 4.78 is 1.77. The van der Waals surface area contributed by atoms with Crippen LogP contribution in [0.4, 0.5) is 0 Å². The summed E-state index contributed by atoms with van der Waals surface area (Å²) in [5.74, 6) is 0. The largest absolute Gasteiger partial charge is 0.314 e. The van der Waals surface area contributed by atoms with Gasteiger partial charge in [-0.2, -0.15) is 0 Å². The lowest BCUT2D eigenvalue weighted by atomic mass is 10.1. The number of nitrogens with zero attached hydrogens (tertiary/aromatic N) is 4. The quantitative estimate of drug-likeness (QED) is 0.697. The minimum atomic E-state index is 0.497. The van der Waals surface area contributed by atoms with Crippen LogP contribution in [-0.2, 0) is 13.5 Å². The van der Waals surface area contributed by atoms with E-state index in [0.717, 1.165) is 44.7 Å². The van der Waals surface area contributed by atoms with Crippen molar-refractivity contribution in [2.75, 3.05) is 26.2 Å². The van der Waals surface area contributed by atoms with Gasteiger partial charge in [0, 0.05) is 25.7 Å². The fourth-order valence-corrected chi connectivity index (χ4v) is 2.24. The summed E-state index contributed by atoms with van der Waals surface area (Å²) >= 11 is 0. The number of nitrogens with one attached hydrogen (secondary N) is 1. The summed E-state index contributed by atoms with van der Waals surface area (Å²) in [5, 5.41) is 11.8. The van der Waals surface area contributed by atoms with Gasteiger partial charge in [-0.25, -0.2) is 0 Å². The van der Waals surface area contributed by atoms with Crippen LogP contribution in [0.1, 0.15) is 39.3 Å². The third-order valence-electron chi connectivity index (χ3n) is 3.48. The lowest BCUT2D eigenvalue weighted by Gasteiger charge is -2.23. The molecule has 0 fully saturated rings. The van der Waals surface area contributed by atoms with Gasteiger partial charge in [0.1, 0.15) is 0 Å². The van der Waals surface area contributed by atoms with Crippen molar-refractivity contribution >= 4 is 0 Å². The van der Waals surface area contributed by atoms with E-state index in [2.05, 4.69) is 41.3 Å². The summed E-state index contributed by atoms with van der Waals surface area (Å²) in [7, 11) is 1.92. The number of rotatable bonds is 10. The van der Waals surface area contributed by atoms with Crippen LogP contribution in [0.25, 0.3) is 0 Å². The Morgan fingerprint density at radius 2 is 2.05 bits per heavy atom. The lowest BCUT2D eigenvalue weighted by Crippen LogP contribution is -2.36. The molecule has 0 aromatic carbocycles. The van der Waals surface area contributed by atoms with Crippen LogP contribution in [0.3, 0.4) is 0 Å². The number of hydrogen-bond donors (Lipinski definition) is 1. The molecule has 1 heterocycles. The molecule has 0 aliphatic heterocycles. The van der Waals surface area contributed by atoms with Crippen molar-refractivity contribution in [2.24, 2.45) is 7.05 Å². The van der Waals surface area contributed by atoms with Gasteiger partial charge in [0.05, 0.1) is 5.69 Å². The van der Waals surface area contributed by atoms with Crippen LogP contribution < -0.4 is 5.32 Å². The number of aryl methyl sites for hydroxylation is 1. The second-order valence-corrected chi connectivity index (χ2v) is 5.05. The van der Waals surface area contributed by atoms with E-state index < -0.39 is 0 Å². The molecule has 0 aliphatic rings. The fourth-order valence-electron chi connectivity index (χ4n) is 2.24. The third kappa shape index (κ3) is 6.16. The molecular formula is C14H29N5. The maximum Gasteiger partial charge on any atom is 0.0842 e. The van der Waals surface area contributed by atoms with E-state index >= 15 is 0 Å².